The van der Waals surface area contributed by atoms with Gasteiger partial charge < -0.3 is 19.7 Å². The molecule has 194 valence electrons. The van der Waals surface area contributed by atoms with Crippen molar-refractivity contribution in [2.24, 2.45) is 0 Å². The quantitative estimate of drug-likeness (QED) is 0.486. The highest BCUT2D eigenvalue weighted by molar-refractivity contribution is 7.89. The van der Waals surface area contributed by atoms with E-state index in [0.29, 0.717) is 29.3 Å². The predicted molar refractivity (Wildman–Crippen MR) is 143 cm³/mol. The van der Waals surface area contributed by atoms with Crippen LogP contribution in [0.4, 0.5) is 11.4 Å². The molecule has 38 heavy (non-hydrogen) atoms. The first-order chi connectivity index (χ1) is 18.3. The van der Waals surface area contributed by atoms with Gasteiger partial charge in [-0.1, -0.05) is 36.4 Å². The molecule has 3 aliphatic rings. The molecule has 2 saturated heterocycles. The summed E-state index contributed by atoms with van der Waals surface area (Å²) in [5.74, 6) is 0.724. The van der Waals surface area contributed by atoms with Gasteiger partial charge in [0.05, 0.1) is 30.4 Å². The number of sulfonamides is 1. The second-order valence-corrected chi connectivity index (χ2v) is 11.5. The number of amidine groups is 1. The first kappa shape index (κ1) is 24.2. The van der Waals surface area contributed by atoms with Crippen molar-refractivity contribution in [3.05, 3.63) is 89.6 Å². The average molecular weight is 531 g/mol. The van der Waals surface area contributed by atoms with Crippen LogP contribution in [0.5, 0.6) is 11.5 Å². The van der Waals surface area contributed by atoms with Crippen molar-refractivity contribution >= 4 is 33.0 Å². The number of para-hydroxylation sites is 1. The van der Waals surface area contributed by atoms with Crippen LogP contribution in [-0.4, -0.2) is 57.2 Å². The smallest absolute Gasteiger partial charge is 0.243 e. The SMILES string of the molecule is COc1cc(OC)cc(N2C(=N)C(=C3Cc4ccccc4N3)C(=O)C23CN(S(=O)(=O)c2ccccc2)C3)c1. The van der Waals surface area contributed by atoms with E-state index in [2.05, 4.69) is 5.32 Å². The van der Waals surface area contributed by atoms with Crippen molar-refractivity contribution in [3.63, 3.8) is 0 Å². The van der Waals surface area contributed by atoms with Crippen LogP contribution in [0.2, 0.25) is 0 Å². The van der Waals surface area contributed by atoms with E-state index in [1.807, 2.05) is 24.3 Å². The fourth-order valence-corrected chi connectivity index (χ4v) is 6.99. The Morgan fingerprint density at radius 2 is 1.55 bits per heavy atom. The lowest BCUT2D eigenvalue weighted by Crippen LogP contribution is -2.72. The molecule has 2 fully saturated rings. The van der Waals surface area contributed by atoms with E-state index in [1.54, 1.807) is 41.3 Å². The average Bonchev–Trinajstić information content (AvgIpc) is 3.43. The standard InChI is InChI=1S/C28H26N4O5S/c1-36-20-13-19(14-21(15-20)37-2)32-27(29)25(24-12-18-8-6-7-11-23(18)30-24)26(33)28(32)16-31(17-28)38(34,35)22-9-4-3-5-10-22/h3-11,13-15,29-30H,12,16-17H2,1-2H3. The van der Waals surface area contributed by atoms with Crippen LogP contribution in [-0.2, 0) is 21.2 Å². The van der Waals surface area contributed by atoms with Gasteiger partial charge in [-0.05, 0) is 23.8 Å². The van der Waals surface area contributed by atoms with Gasteiger partial charge in [0.25, 0.3) is 0 Å². The lowest BCUT2D eigenvalue weighted by Gasteiger charge is -2.50. The summed E-state index contributed by atoms with van der Waals surface area (Å²) in [6.07, 6.45) is 0.483. The molecule has 0 unspecified atom stereocenters. The summed E-state index contributed by atoms with van der Waals surface area (Å²) < 4.78 is 38.9. The topological polar surface area (TPSA) is 112 Å². The number of allylic oxidation sites excluding steroid dienone is 1. The highest BCUT2D eigenvalue weighted by atomic mass is 32.2. The molecule has 3 aromatic carbocycles. The van der Waals surface area contributed by atoms with Gasteiger partial charge in [0.2, 0.25) is 10.0 Å². The van der Waals surface area contributed by atoms with E-state index < -0.39 is 15.6 Å². The van der Waals surface area contributed by atoms with Gasteiger partial charge >= 0.3 is 0 Å². The number of nitrogens with zero attached hydrogens (tertiary/aromatic N) is 2. The summed E-state index contributed by atoms with van der Waals surface area (Å²) in [6, 6.07) is 21.1. The highest BCUT2D eigenvalue weighted by Crippen LogP contribution is 2.46. The zero-order chi connectivity index (χ0) is 26.7. The molecule has 0 saturated carbocycles. The second kappa shape index (κ2) is 8.71. The lowest BCUT2D eigenvalue weighted by molar-refractivity contribution is -0.122. The molecule has 0 amide bonds. The number of carbonyl (C=O) groups is 1. The number of ketones is 1. The molecular weight excluding hydrogens is 504 g/mol. The molecule has 1 spiro atoms. The molecule has 3 heterocycles. The monoisotopic (exact) mass is 530 g/mol. The Morgan fingerprint density at radius 3 is 2.18 bits per heavy atom. The number of fused-ring (bicyclic) bond motifs is 1. The Kier molecular flexibility index (Phi) is 5.55. The highest BCUT2D eigenvalue weighted by Gasteiger charge is 2.64. The van der Waals surface area contributed by atoms with Gasteiger partial charge in [-0.25, -0.2) is 8.42 Å². The van der Waals surface area contributed by atoms with Crippen molar-refractivity contribution in [1.82, 2.24) is 4.31 Å². The van der Waals surface area contributed by atoms with Crippen molar-refractivity contribution in [1.29, 1.82) is 5.41 Å². The van der Waals surface area contributed by atoms with Gasteiger partial charge in [0, 0.05) is 49.1 Å². The van der Waals surface area contributed by atoms with Gasteiger partial charge in [-0.2, -0.15) is 4.31 Å². The summed E-state index contributed by atoms with van der Waals surface area (Å²) in [4.78, 5) is 16.0. The molecule has 9 nitrogen and oxygen atoms in total. The van der Waals surface area contributed by atoms with Crippen molar-refractivity contribution < 1.29 is 22.7 Å². The first-order valence-corrected chi connectivity index (χ1v) is 13.5. The third-order valence-electron chi connectivity index (χ3n) is 7.36. The summed E-state index contributed by atoms with van der Waals surface area (Å²) in [5, 5.41) is 12.5. The minimum Gasteiger partial charge on any atom is -0.497 e. The van der Waals surface area contributed by atoms with E-state index in [4.69, 9.17) is 9.47 Å². The van der Waals surface area contributed by atoms with Gasteiger partial charge in [0.15, 0.2) is 5.78 Å². The third kappa shape index (κ3) is 3.52. The van der Waals surface area contributed by atoms with E-state index in [1.165, 1.54) is 30.7 Å². The number of rotatable bonds is 5. The molecule has 0 bridgehead atoms. The number of methoxy groups -OCH3 is 2. The molecule has 10 heteroatoms. The molecule has 0 aromatic heterocycles. The van der Waals surface area contributed by atoms with Crippen LogP contribution >= 0.6 is 0 Å². The molecule has 2 N–H and O–H groups in total. The van der Waals surface area contributed by atoms with E-state index in [0.717, 1.165) is 11.3 Å². The minimum atomic E-state index is -3.82. The molecule has 0 aliphatic carbocycles. The van der Waals surface area contributed by atoms with Crippen LogP contribution < -0.4 is 19.7 Å². The maximum Gasteiger partial charge on any atom is 0.243 e. The summed E-state index contributed by atoms with van der Waals surface area (Å²) >= 11 is 0. The van der Waals surface area contributed by atoms with Gasteiger partial charge in [0.1, 0.15) is 22.9 Å². The molecule has 3 aromatic rings. The van der Waals surface area contributed by atoms with Crippen LogP contribution in [0, 0.1) is 5.41 Å². The Morgan fingerprint density at radius 1 is 0.921 bits per heavy atom. The maximum atomic E-state index is 14.2. The fraction of sp³-hybridized carbons (Fsp3) is 0.214. The number of ether oxygens (including phenoxy) is 2. The maximum absolute atomic E-state index is 14.2. The fourth-order valence-electron chi connectivity index (χ4n) is 5.42. The summed E-state index contributed by atoms with van der Waals surface area (Å²) in [7, 11) is -0.761. The summed E-state index contributed by atoms with van der Waals surface area (Å²) in [5.41, 5.74) is 2.08. The number of nitrogens with one attached hydrogen (secondary N) is 2. The number of Topliss-reactive ketones (excluding diaryl/α,β-unsaturated/α-hetero) is 1. The molecule has 0 radical (unpaired) electrons. The number of carbonyl (C=O) groups excluding carboxylic acids is 1. The molecule has 6 rings (SSSR count). The Labute approximate surface area is 220 Å². The Bertz CT molecular complexity index is 1560. The van der Waals surface area contributed by atoms with Crippen molar-refractivity contribution in [3.8, 4) is 11.5 Å². The van der Waals surface area contributed by atoms with Crippen LogP contribution in [0.1, 0.15) is 5.56 Å². The number of anilines is 2. The third-order valence-corrected chi connectivity index (χ3v) is 9.17. The minimum absolute atomic E-state index is 0.0115. The summed E-state index contributed by atoms with van der Waals surface area (Å²) in [6.45, 7) is -0.177. The molecular formula is C28H26N4O5S. The predicted octanol–water partition coefficient (Wildman–Crippen LogP) is 3.44. The largest absolute Gasteiger partial charge is 0.497 e. The van der Waals surface area contributed by atoms with Crippen LogP contribution in [0.15, 0.2) is 89.0 Å². The van der Waals surface area contributed by atoms with Crippen molar-refractivity contribution in [2.45, 2.75) is 16.9 Å². The van der Waals surface area contributed by atoms with Gasteiger partial charge in [-0.3, -0.25) is 10.2 Å². The second-order valence-electron chi connectivity index (χ2n) is 9.51. The van der Waals surface area contributed by atoms with Crippen LogP contribution in [0.25, 0.3) is 0 Å². The Balaban J connectivity index is 1.45. The lowest BCUT2D eigenvalue weighted by atomic mass is 9.85. The first-order valence-electron chi connectivity index (χ1n) is 12.1. The zero-order valence-corrected chi connectivity index (χ0v) is 21.7. The normalized spacial score (nSPS) is 20.3. The zero-order valence-electron chi connectivity index (χ0n) is 20.9. The molecule has 0 atom stereocenters. The van der Waals surface area contributed by atoms with E-state index in [9.17, 15) is 18.6 Å². The van der Waals surface area contributed by atoms with E-state index >= 15 is 0 Å². The Hall–Kier alpha value is -4.15. The van der Waals surface area contributed by atoms with Crippen LogP contribution in [0.3, 0.4) is 0 Å². The number of hydrogen-bond donors (Lipinski definition) is 2. The molecule has 3 aliphatic heterocycles. The number of benzene rings is 3. The van der Waals surface area contributed by atoms with E-state index in [-0.39, 0.29) is 35.2 Å². The van der Waals surface area contributed by atoms with Crippen molar-refractivity contribution in [2.75, 3.05) is 37.5 Å². The van der Waals surface area contributed by atoms with Gasteiger partial charge in [-0.15, -0.1) is 0 Å². The number of hydrogen-bond acceptors (Lipinski definition) is 7.